The van der Waals surface area contributed by atoms with Crippen molar-refractivity contribution in [2.75, 3.05) is 4.90 Å². The molecule has 0 fully saturated rings. The highest BCUT2D eigenvalue weighted by atomic mass is 32.2. The number of anilines is 3. The van der Waals surface area contributed by atoms with Gasteiger partial charge in [-0.2, -0.15) is 0 Å². The summed E-state index contributed by atoms with van der Waals surface area (Å²) in [5, 5.41) is 0. The molecule has 2 aliphatic rings. The molecule has 2 nitrogen and oxygen atoms in total. The largest absolute Gasteiger partial charge is 0.308 e. The van der Waals surface area contributed by atoms with E-state index < -0.39 is 0 Å². The number of rotatable bonds is 4. The van der Waals surface area contributed by atoms with Crippen LogP contribution >= 0.6 is 11.8 Å². The second kappa shape index (κ2) is 10.7. The van der Waals surface area contributed by atoms with Crippen LogP contribution in [0.25, 0.3) is 33.4 Å². The van der Waals surface area contributed by atoms with Crippen molar-refractivity contribution in [3.05, 3.63) is 170 Å². The van der Waals surface area contributed by atoms with E-state index in [2.05, 4.69) is 175 Å². The fourth-order valence-electron chi connectivity index (χ4n) is 6.81. The summed E-state index contributed by atoms with van der Waals surface area (Å²) in [6.45, 7) is 0. The SMILES string of the molecule is c1ccc(-c2ccc([NH+]3c4ccccc4-c4cc(-c5ccc6c(c5)Sc5ccccc5N6c5ccccc5)ccc43)cc2)cc1. The Kier molecular flexibility index (Phi) is 6.19. The first-order valence-corrected chi connectivity index (χ1v) is 16.2. The molecule has 7 aromatic carbocycles. The minimum Gasteiger partial charge on any atom is -0.308 e. The maximum atomic E-state index is 2.39. The summed E-state index contributed by atoms with van der Waals surface area (Å²) >= 11 is 1.86. The maximum Gasteiger partial charge on any atom is 0.149 e. The summed E-state index contributed by atoms with van der Waals surface area (Å²) in [6, 6.07) is 61.8. The fourth-order valence-corrected chi connectivity index (χ4v) is 7.91. The maximum absolute atomic E-state index is 2.39. The van der Waals surface area contributed by atoms with Gasteiger partial charge in [-0.1, -0.05) is 90.6 Å². The van der Waals surface area contributed by atoms with Crippen LogP contribution in [-0.2, 0) is 0 Å². The number of benzene rings is 7. The van der Waals surface area contributed by atoms with Crippen LogP contribution in [0.3, 0.4) is 0 Å². The van der Waals surface area contributed by atoms with E-state index >= 15 is 0 Å². The Morgan fingerprint density at radius 2 is 1.00 bits per heavy atom. The molecule has 0 saturated carbocycles. The molecule has 212 valence electrons. The van der Waals surface area contributed by atoms with Gasteiger partial charge in [-0.05, 0) is 89.0 Å². The van der Waals surface area contributed by atoms with Gasteiger partial charge in [0.25, 0.3) is 0 Å². The van der Waals surface area contributed by atoms with Crippen molar-refractivity contribution in [2.45, 2.75) is 9.79 Å². The molecule has 3 heteroatoms. The quantitative estimate of drug-likeness (QED) is 0.217. The minimum atomic E-state index is 1.17. The predicted octanol–water partition coefficient (Wildman–Crippen LogP) is 11.1. The van der Waals surface area contributed by atoms with Gasteiger partial charge in [-0.3, -0.25) is 0 Å². The van der Waals surface area contributed by atoms with Crippen LogP contribution in [0.1, 0.15) is 0 Å². The van der Waals surface area contributed by atoms with Crippen molar-refractivity contribution >= 4 is 45.9 Å². The van der Waals surface area contributed by atoms with Crippen LogP contribution in [0.2, 0.25) is 0 Å². The third kappa shape index (κ3) is 4.40. The number of hydrogen-bond donors (Lipinski definition) is 1. The van der Waals surface area contributed by atoms with Gasteiger partial charge >= 0.3 is 0 Å². The zero-order valence-corrected chi connectivity index (χ0v) is 25.3. The van der Waals surface area contributed by atoms with Gasteiger partial charge in [0, 0.05) is 45.3 Å². The summed E-state index contributed by atoms with van der Waals surface area (Å²) in [5.74, 6) is 0. The van der Waals surface area contributed by atoms with Gasteiger partial charge in [0.2, 0.25) is 0 Å². The first-order valence-electron chi connectivity index (χ1n) is 15.4. The van der Waals surface area contributed by atoms with Gasteiger partial charge < -0.3 is 4.90 Å². The molecule has 0 bridgehead atoms. The Bertz CT molecular complexity index is 2190. The highest BCUT2D eigenvalue weighted by molar-refractivity contribution is 7.99. The number of hydrogen-bond acceptors (Lipinski definition) is 2. The molecule has 0 aromatic heterocycles. The molecule has 2 aliphatic heterocycles. The highest BCUT2D eigenvalue weighted by Crippen LogP contribution is 2.52. The second-order valence-corrected chi connectivity index (χ2v) is 12.6. The number of para-hydroxylation sites is 3. The van der Waals surface area contributed by atoms with E-state index in [1.54, 1.807) is 0 Å². The summed E-state index contributed by atoms with van der Waals surface area (Å²) in [4.78, 5) is 6.23. The van der Waals surface area contributed by atoms with Gasteiger partial charge in [-0.15, -0.1) is 0 Å². The molecule has 0 spiro atoms. The van der Waals surface area contributed by atoms with Crippen molar-refractivity contribution < 1.29 is 4.90 Å². The molecule has 0 saturated heterocycles. The van der Waals surface area contributed by atoms with Gasteiger partial charge in [-0.25, -0.2) is 4.90 Å². The van der Waals surface area contributed by atoms with Crippen molar-refractivity contribution in [2.24, 2.45) is 0 Å². The average molecular weight is 594 g/mol. The van der Waals surface area contributed by atoms with E-state index in [-0.39, 0.29) is 0 Å². The lowest BCUT2D eigenvalue weighted by Crippen LogP contribution is -2.95. The van der Waals surface area contributed by atoms with Crippen LogP contribution in [0.5, 0.6) is 0 Å². The Balaban J connectivity index is 1.11. The average Bonchev–Trinajstić information content (AvgIpc) is 3.45. The Labute approximate surface area is 267 Å². The number of nitrogens with one attached hydrogen (secondary N) is 1. The van der Waals surface area contributed by atoms with E-state index in [9.17, 15) is 0 Å². The molecule has 1 atom stereocenters. The smallest absolute Gasteiger partial charge is 0.149 e. The molecule has 2 heterocycles. The zero-order chi connectivity index (χ0) is 29.7. The lowest BCUT2D eigenvalue weighted by Gasteiger charge is -2.33. The van der Waals surface area contributed by atoms with E-state index in [1.807, 2.05) is 11.8 Å². The monoisotopic (exact) mass is 593 g/mol. The molecular formula is C42H29N2S+. The van der Waals surface area contributed by atoms with Gasteiger partial charge in [0.05, 0.1) is 16.9 Å². The van der Waals surface area contributed by atoms with Crippen LogP contribution in [0.4, 0.5) is 34.1 Å². The van der Waals surface area contributed by atoms with Crippen LogP contribution < -0.4 is 9.80 Å². The van der Waals surface area contributed by atoms with Crippen molar-refractivity contribution in [1.29, 1.82) is 0 Å². The van der Waals surface area contributed by atoms with Gasteiger partial charge in [0.1, 0.15) is 17.1 Å². The minimum absolute atomic E-state index is 1.17. The van der Waals surface area contributed by atoms with Crippen LogP contribution in [0, 0.1) is 0 Å². The molecule has 1 N–H and O–H groups in total. The van der Waals surface area contributed by atoms with E-state index in [1.165, 1.54) is 82.2 Å². The third-order valence-electron chi connectivity index (χ3n) is 8.93. The molecular weight excluding hydrogens is 565 g/mol. The summed E-state index contributed by atoms with van der Waals surface area (Å²) in [6.07, 6.45) is 0. The first-order chi connectivity index (χ1) is 22.3. The lowest BCUT2D eigenvalue weighted by molar-refractivity contribution is -0.677. The normalized spacial score (nSPS) is 14.3. The fraction of sp³-hybridized carbons (Fsp3) is 0. The summed E-state index contributed by atoms with van der Waals surface area (Å²) < 4.78 is 0. The van der Waals surface area contributed by atoms with Crippen LogP contribution in [0.15, 0.2) is 180 Å². The molecule has 9 rings (SSSR count). The van der Waals surface area contributed by atoms with E-state index in [4.69, 9.17) is 0 Å². The molecule has 7 aromatic rings. The Hall–Kier alpha value is -5.35. The number of quaternary nitrogens is 1. The third-order valence-corrected chi connectivity index (χ3v) is 10.0. The van der Waals surface area contributed by atoms with Crippen molar-refractivity contribution in [3.63, 3.8) is 0 Å². The van der Waals surface area contributed by atoms with Gasteiger partial charge in [0.15, 0.2) is 0 Å². The summed E-state index contributed by atoms with van der Waals surface area (Å²) in [5.41, 5.74) is 15.0. The predicted molar refractivity (Wildman–Crippen MR) is 188 cm³/mol. The molecule has 45 heavy (non-hydrogen) atoms. The molecule has 0 amide bonds. The molecule has 0 radical (unpaired) electrons. The van der Waals surface area contributed by atoms with Crippen LogP contribution in [-0.4, -0.2) is 0 Å². The second-order valence-electron chi connectivity index (χ2n) is 11.5. The highest BCUT2D eigenvalue weighted by Gasteiger charge is 2.33. The lowest BCUT2D eigenvalue weighted by atomic mass is 9.98. The van der Waals surface area contributed by atoms with E-state index in [0.717, 1.165) is 0 Å². The van der Waals surface area contributed by atoms with Crippen molar-refractivity contribution in [1.82, 2.24) is 0 Å². The van der Waals surface area contributed by atoms with E-state index in [0.29, 0.717) is 0 Å². The first kappa shape index (κ1) is 26.1. The zero-order valence-electron chi connectivity index (χ0n) is 24.5. The number of fused-ring (bicyclic) bond motifs is 5. The number of nitrogens with zero attached hydrogens (tertiary/aromatic N) is 1. The topological polar surface area (TPSA) is 7.68 Å². The Morgan fingerprint density at radius 1 is 0.400 bits per heavy atom. The summed E-state index contributed by atoms with van der Waals surface area (Å²) in [7, 11) is 0. The Morgan fingerprint density at radius 3 is 1.84 bits per heavy atom. The molecule has 0 aliphatic carbocycles. The molecule has 1 unspecified atom stereocenters. The van der Waals surface area contributed by atoms with Crippen molar-refractivity contribution in [3.8, 4) is 33.4 Å². The standard InChI is InChI=1S/C42H28N2S/c1-3-11-29(12-4-1)30-19-23-34(24-20-30)43-37-16-8-7-15-35(37)36-27-31(21-25-38(36)43)32-22-26-40-42(28-32)45-41-18-10-9-17-39(41)44(40)33-13-5-2-6-14-33/h1-28H/p+1.